The van der Waals surface area contributed by atoms with Crippen LogP contribution in [0.2, 0.25) is 0 Å². The van der Waals surface area contributed by atoms with E-state index in [0.717, 1.165) is 23.1 Å². The van der Waals surface area contributed by atoms with Crippen molar-refractivity contribution in [1.29, 1.82) is 0 Å². The van der Waals surface area contributed by atoms with Crippen molar-refractivity contribution in [2.24, 2.45) is 0 Å². The van der Waals surface area contributed by atoms with Crippen LogP contribution in [0.5, 0.6) is 5.75 Å². The monoisotopic (exact) mass is 523 g/mol. The Bertz CT molecular complexity index is 1340. The summed E-state index contributed by atoms with van der Waals surface area (Å²) in [5.74, 6) is 0.666. The number of hydrogen-bond donors (Lipinski definition) is 0. The number of amides is 1. The van der Waals surface area contributed by atoms with Gasteiger partial charge in [0.25, 0.3) is 5.91 Å². The standard InChI is InChI=1S/C29H37N3O4S/c1-21(2)32(22(3)4)20-23-6-8-24(9-7-23)29(33)30-14-16-31(17-15-30)37(34,35)28-13-11-25-18-27(36-5)12-10-26(25)19-28/h6-13,18-19,21-22H,14-17,20H2,1-5H3. The van der Waals surface area contributed by atoms with Crippen molar-refractivity contribution in [1.82, 2.24) is 14.1 Å². The number of fused-ring (bicyclic) bond motifs is 1. The number of carbonyl (C=O) groups excluding carboxylic acids is 1. The Balaban J connectivity index is 1.39. The quantitative estimate of drug-likeness (QED) is 0.431. The Kier molecular flexibility index (Phi) is 8.21. The summed E-state index contributed by atoms with van der Waals surface area (Å²) in [5.41, 5.74) is 1.80. The highest BCUT2D eigenvalue weighted by atomic mass is 32.2. The number of methoxy groups -OCH3 is 1. The molecule has 0 unspecified atom stereocenters. The second-order valence-corrected chi connectivity index (χ2v) is 12.1. The molecule has 37 heavy (non-hydrogen) atoms. The Hall–Kier alpha value is -2.94. The van der Waals surface area contributed by atoms with E-state index in [-0.39, 0.29) is 23.9 Å². The Labute approximate surface area is 220 Å². The van der Waals surface area contributed by atoms with Gasteiger partial charge in [0.05, 0.1) is 12.0 Å². The van der Waals surface area contributed by atoms with Gasteiger partial charge in [0.15, 0.2) is 0 Å². The predicted molar refractivity (Wildman–Crippen MR) is 147 cm³/mol. The number of nitrogens with zero attached hydrogens (tertiary/aromatic N) is 3. The first-order valence-corrected chi connectivity index (χ1v) is 14.3. The number of hydrogen-bond acceptors (Lipinski definition) is 5. The molecule has 1 amide bonds. The maximum Gasteiger partial charge on any atom is 0.253 e. The normalized spacial score (nSPS) is 15.2. The summed E-state index contributed by atoms with van der Waals surface area (Å²) < 4.78 is 33.4. The first-order valence-electron chi connectivity index (χ1n) is 12.8. The second-order valence-electron chi connectivity index (χ2n) is 10.1. The lowest BCUT2D eigenvalue weighted by Crippen LogP contribution is -2.50. The fourth-order valence-corrected chi connectivity index (χ4v) is 6.34. The summed E-state index contributed by atoms with van der Waals surface area (Å²) in [7, 11) is -2.05. The number of benzene rings is 3. The number of piperazine rings is 1. The van der Waals surface area contributed by atoms with Gasteiger partial charge in [-0.25, -0.2) is 8.42 Å². The van der Waals surface area contributed by atoms with Gasteiger partial charge in [-0.2, -0.15) is 4.31 Å². The molecule has 0 N–H and O–H groups in total. The van der Waals surface area contributed by atoms with Crippen molar-refractivity contribution in [3.8, 4) is 5.75 Å². The largest absolute Gasteiger partial charge is 0.497 e. The fraction of sp³-hybridized carbons (Fsp3) is 0.414. The van der Waals surface area contributed by atoms with E-state index in [2.05, 4.69) is 32.6 Å². The van der Waals surface area contributed by atoms with E-state index in [1.54, 1.807) is 30.2 Å². The molecule has 0 aromatic heterocycles. The highest BCUT2D eigenvalue weighted by Crippen LogP contribution is 2.26. The van der Waals surface area contributed by atoms with Gasteiger partial charge in [-0.15, -0.1) is 0 Å². The Morgan fingerprint density at radius 3 is 2.05 bits per heavy atom. The molecule has 3 aromatic carbocycles. The molecule has 198 valence electrons. The van der Waals surface area contributed by atoms with Gasteiger partial charge in [-0.1, -0.05) is 24.3 Å². The molecule has 3 aromatic rings. The van der Waals surface area contributed by atoms with E-state index >= 15 is 0 Å². The SMILES string of the molecule is COc1ccc2cc(S(=O)(=O)N3CCN(C(=O)c4ccc(CN(C(C)C)C(C)C)cc4)CC3)ccc2c1. The van der Waals surface area contributed by atoms with Gasteiger partial charge in [-0.3, -0.25) is 9.69 Å². The highest BCUT2D eigenvalue weighted by molar-refractivity contribution is 7.89. The summed E-state index contributed by atoms with van der Waals surface area (Å²) in [5, 5.41) is 1.75. The summed E-state index contributed by atoms with van der Waals surface area (Å²) in [4.78, 5) is 17.5. The molecule has 0 bridgehead atoms. The molecule has 0 saturated carbocycles. The van der Waals surface area contributed by atoms with Crippen molar-refractivity contribution in [2.75, 3.05) is 33.3 Å². The van der Waals surface area contributed by atoms with Crippen molar-refractivity contribution in [2.45, 2.75) is 51.2 Å². The molecule has 4 rings (SSSR count). The van der Waals surface area contributed by atoms with Gasteiger partial charge in [0, 0.05) is 50.4 Å². The van der Waals surface area contributed by atoms with Crippen LogP contribution >= 0.6 is 0 Å². The molecule has 1 saturated heterocycles. The lowest BCUT2D eigenvalue weighted by atomic mass is 10.1. The van der Waals surface area contributed by atoms with Crippen LogP contribution < -0.4 is 4.74 Å². The topological polar surface area (TPSA) is 70.2 Å². The molecule has 1 aliphatic rings. The number of rotatable bonds is 8. The van der Waals surface area contributed by atoms with Crippen LogP contribution in [0.3, 0.4) is 0 Å². The number of ether oxygens (including phenoxy) is 1. The van der Waals surface area contributed by atoms with E-state index in [0.29, 0.717) is 30.7 Å². The van der Waals surface area contributed by atoms with Crippen LogP contribution in [0.4, 0.5) is 0 Å². The lowest BCUT2D eigenvalue weighted by Gasteiger charge is -2.34. The van der Waals surface area contributed by atoms with Gasteiger partial charge in [-0.05, 0) is 80.4 Å². The second kappa shape index (κ2) is 11.2. The molecule has 1 heterocycles. The minimum atomic E-state index is -3.65. The summed E-state index contributed by atoms with van der Waals surface area (Å²) in [6.45, 7) is 10.9. The van der Waals surface area contributed by atoms with Crippen molar-refractivity contribution >= 4 is 26.7 Å². The van der Waals surface area contributed by atoms with Crippen LogP contribution in [0.25, 0.3) is 10.8 Å². The average Bonchev–Trinajstić information content (AvgIpc) is 2.90. The van der Waals surface area contributed by atoms with Crippen LogP contribution in [0.1, 0.15) is 43.6 Å². The molecule has 1 aliphatic heterocycles. The number of carbonyl (C=O) groups is 1. The van der Waals surface area contributed by atoms with Crippen LogP contribution in [-0.4, -0.2) is 73.8 Å². The first-order chi connectivity index (χ1) is 17.6. The van der Waals surface area contributed by atoms with Gasteiger partial charge < -0.3 is 9.64 Å². The third-order valence-electron chi connectivity index (χ3n) is 7.08. The molecule has 0 aliphatic carbocycles. The average molecular weight is 524 g/mol. The maximum absolute atomic E-state index is 13.3. The minimum absolute atomic E-state index is 0.0622. The predicted octanol–water partition coefficient (Wildman–Crippen LogP) is 4.61. The zero-order valence-corrected chi connectivity index (χ0v) is 23.2. The van der Waals surface area contributed by atoms with Crippen molar-refractivity contribution < 1.29 is 17.9 Å². The van der Waals surface area contributed by atoms with Crippen LogP contribution in [0, 0.1) is 0 Å². The van der Waals surface area contributed by atoms with Crippen molar-refractivity contribution in [3.05, 3.63) is 71.8 Å². The van der Waals surface area contributed by atoms with Gasteiger partial charge in [0.1, 0.15) is 5.75 Å². The van der Waals surface area contributed by atoms with E-state index in [4.69, 9.17) is 4.74 Å². The van der Waals surface area contributed by atoms with E-state index in [1.807, 2.05) is 42.5 Å². The molecular weight excluding hydrogens is 486 g/mol. The summed E-state index contributed by atoms with van der Waals surface area (Å²) in [6.07, 6.45) is 0. The van der Waals surface area contributed by atoms with Crippen LogP contribution in [0.15, 0.2) is 65.6 Å². The molecular formula is C29H37N3O4S. The third-order valence-corrected chi connectivity index (χ3v) is 8.97. The van der Waals surface area contributed by atoms with Crippen molar-refractivity contribution in [3.63, 3.8) is 0 Å². The minimum Gasteiger partial charge on any atom is -0.497 e. The first kappa shape index (κ1) is 27.1. The summed E-state index contributed by atoms with van der Waals surface area (Å²) >= 11 is 0. The number of sulfonamides is 1. The van der Waals surface area contributed by atoms with E-state index in [1.165, 1.54) is 9.87 Å². The third kappa shape index (κ3) is 5.98. The lowest BCUT2D eigenvalue weighted by molar-refractivity contribution is 0.0698. The Morgan fingerprint density at radius 2 is 1.46 bits per heavy atom. The molecule has 0 radical (unpaired) electrons. The smallest absolute Gasteiger partial charge is 0.253 e. The zero-order valence-electron chi connectivity index (χ0n) is 22.3. The maximum atomic E-state index is 13.3. The van der Waals surface area contributed by atoms with Crippen LogP contribution in [-0.2, 0) is 16.6 Å². The molecule has 7 nitrogen and oxygen atoms in total. The van der Waals surface area contributed by atoms with E-state index < -0.39 is 10.0 Å². The van der Waals surface area contributed by atoms with Gasteiger partial charge >= 0.3 is 0 Å². The molecule has 1 fully saturated rings. The molecule has 8 heteroatoms. The fourth-order valence-electron chi connectivity index (χ4n) is 4.88. The summed E-state index contributed by atoms with van der Waals surface area (Å²) in [6, 6.07) is 19.4. The highest BCUT2D eigenvalue weighted by Gasteiger charge is 2.30. The Morgan fingerprint density at radius 1 is 0.865 bits per heavy atom. The van der Waals surface area contributed by atoms with E-state index in [9.17, 15) is 13.2 Å². The van der Waals surface area contributed by atoms with Gasteiger partial charge in [0.2, 0.25) is 10.0 Å². The molecule has 0 spiro atoms. The zero-order chi connectivity index (χ0) is 26.7. The molecule has 0 atom stereocenters.